The molecule has 4 aromatic rings. The van der Waals surface area contributed by atoms with Crippen LogP contribution in [0.4, 0.5) is 10.5 Å². The molecule has 0 aliphatic heterocycles. The fraction of sp³-hybridized carbons (Fsp3) is 0.412. The maximum atomic E-state index is 12.8. The van der Waals surface area contributed by atoms with Crippen molar-refractivity contribution in [3.63, 3.8) is 0 Å². The highest BCUT2D eigenvalue weighted by atomic mass is 28.3. The van der Waals surface area contributed by atoms with E-state index in [4.69, 9.17) is 14.2 Å². The number of amides is 1. The minimum Gasteiger partial charge on any atom is -0.488 e. The van der Waals surface area contributed by atoms with Gasteiger partial charge in [-0.1, -0.05) is 62.8 Å². The Morgan fingerprint density at radius 2 is 1.75 bits per heavy atom. The zero-order valence-corrected chi connectivity index (χ0v) is 27.0. The number of hydrogen-bond donors (Lipinski definition) is 1. The largest absolute Gasteiger partial charge is 0.488 e. The van der Waals surface area contributed by atoms with E-state index in [0.717, 1.165) is 54.0 Å². The first kappa shape index (κ1) is 31.4. The molecular formula is C34H43N5O4Si. The van der Waals surface area contributed by atoms with E-state index in [0.29, 0.717) is 37.2 Å². The lowest BCUT2D eigenvalue weighted by atomic mass is 10.0. The number of nitrogens with zero attached hydrogens (tertiary/aromatic N) is 4. The molecule has 0 bridgehead atoms. The number of nitrogens with one attached hydrogen (secondary N) is 1. The Bertz CT molecular complexity index is 1500. The van der Waals surface area contributed by atoms with Gasteiger partial charge in [0.05, 0.1) is 0 Å². The first-order valence-electron chi connectivity index (χ1n) is 15.5. The van der Waals surface area contributed by atoms with Crippen LogP contribution in [-0.4, -0.2) is 46.6 Å². The minimum absolute atomic E-state index is 0.0387. The summed E-state index contributed by atoms with van der Waals surface area (Å²) in [5, 5.41) is 11.4. The Morgan fingerprint density at radius 3 is 2.52 bits per heavy atom. The third-order valence-electron chi connectivity index (χ3n) is 7.69. The quantitative estimate of drug-likeness (QED) is 0.0977. The summed E-state index contributed by atoms with van der Waals surface area (Å²) in [4.78, 5) is 17.4. The molecule has 5 rings (SSSR count). The van der Waals surface area contributed by atoms with Gasteiger partial charge in [0.2, 0.25) is 0 Å². The fourth-order valence-electron chi connectivity index (χ4n) is 5.18. The number of benzene rings is 2. The molecule has 1 aliphatic rings. The van der Waals surface area contributed by atoms with Crippen molar-refractivity contribution in [2.45, 2.75) is 83.7 Å². The smallest absolute Gasteiger partial charge is 0.411 e. The molecule has 1 saturated carbocycles. The van der Waals surface area contributed by atoms with Crippen LogP contribution < -0.4 is 10.1 Å². The summed E-state index contributed by atoms with van der Waals surface area (Å²) in [6.45, 7) is 8.48. The van der Waals surface area contributed by atoms with Gasteiger partial charge >= 0.3 is 6.09 Å². The van der Waals surface area contributed by atoms with E-state index in [1.807, 2.05) is 59.2 Å². The van der Waals surface area contributed by atoms with Crippen molar-refractivity contribution < 1.29 is 19.0 Å². The molecule has 232 valence electrons. The Balaban J connectivity index is 1.37. The molecule has 9 nitrogen and oxygen atoms in total. The van der Waals surface area contributed by atoms with Gasteiger partial charge in [-0.3, -0.25) is 14.9 Å². The molecule has 0 radical (unpaired) electrons. The van der Waals surface area contributed by atoms with Crippen molar-refractivity contribution >= 4 is 19.9 Å². The lowest BCUT2D eigenvalue weighted by Crippen LogP contribution is -2.22. The maximum Gasteiger partial charge on any atom is 0.411 e. The maximum absolute atomic E-state index is 12.8. The number of hydrogen-bond acceptors (Lipinski definition) is 7. The van der Waals surface area contributed by atoms with E-state index >= 15 is 0 Å². The van der Waals surface area contributed by atoms with E-state index in [-0.39, 0.29) is 6.10 Å². The van der Waals surface area contributed by atoms with Gasteiger partial charge in [-0.15, -0.1) is 10.2 Å². The summed E-state index contributed by atoms with van der Waals surface area (Å²) >= 11 is 0. The van der Waals surface area contributed by atoms with Crippen LogP contribution in [0.25, 0.3) is 22.5 Å². The molecule has 0 unspecified atom stereocenters. The predicted molar refractivity (Wildman–Crippen MR) is 175 cm³/mol. The van der Waals surface area contributed by atoms with Crippen LogP contribution in [0.2, 0.25) is 25.7 Å². The molecule has 1 N–H and O–H groups in total. The Morgan fingerprint density at radius 1 is 0.977 bits per heavy atom. The number of carbonyl (C=O) groups is 1. The Hall–Kier alpha value is -4.02. The molecule has 1 fully saturated rings. The third-order valence-corrected chi connectivity index (χ3v) is 9.39. The second-order valence-corrected chi connectivity index (χ2v) is 18.2. The molecular weight excluding hydrogens is 570 g/mol. The molecule has 2 aromatic heterocycles. The van der Waals surface area contributed by atoms with Gasteiger partial charge in [-0.25, -0.2) is 4.79 Å². The standard InChI is InChI=1S/C34H43N5O4Si/c1-44(2,3)18-17-41-25-39-24-36-38-33(39)28-19-27(21-35-22-28)31-20-29(37-34(40)43-30-13-9-4-5-10-14-30)15-16-32(31)42-23-26-11-7-6-8-12-26/h6-8,11-12,15-16,19-22,24,30H,4-5,9-10,13-14,17-18,23,25H2,1-3H3,(H,37,40). The molecule has 1 amide bonds. The first-order chi connectivity index (χ1) is 21.3. The normalized spacial score (nSPS) is 14.2. The molecule has 0 atom stereocenters. The van der Waals surface area contributed by atoms with Crippen molar-refractivity contribution in [3.8, 4) is 28.3 Å². The van der Waals surface area contributed by atoms with Gasteiger partial charge in [0.1, 0.15) is 31.5 Å². The summed E-state index contributed by atoms with van der Waals surface area (Å²) in [5.74, 6) is 1.34. The average molecular weight is 614 g/mol. The van der Waals surface area contributed by atoms with E-state index in [9.17, 15) is 4.79 Å². The molecule has 44 heavy (non-hydrogen) atoms. The van der Waals surface area contributed by atoms with Crippen molar-refractivity contribution in [1.29, 1.82) is 0 Å². The van der Waals surface area contributed by atoms with Gasteiger partial charge < -0.3 is 14.2 Å². The van der Waals surface area contributed by atoms with E-state index in [1.54, 1.807) is 18.7 Å². The van der Waals surface area contributed by atoms with Crippen molar-refractivity contribution in [2.24, 2.45) is 0 Å². The van der Waals surface area contributed by atoms with Gasteiger partial charge in [0, 0.05) is 49.5 Å². The second-order valence-electron chi connectivity index (χ2n) is 12.6. The minimum atomic E-state index is -1.19. The monoisotopic (exact) mass is 613 g/mol. The van der Waals surface area contributed by atoms with Crippen molar-refractivity contribution in [1.82, 2.24) is 19.7 Å². The summed E-state index contributed by atoms with van der Waals surface area (Å²) < 4.78 is 19.9. The Labute approximate surface area is 261 Å². The van der Waals surface area contributed by atoms with Crippen molar-refractivity contribution in [3.05, 3.63) is 78.9 Å². The highest BCUT2D eigenvalue weighted by Crippen LogP contribution is 2.35. The van der Waals surface area contributed by atoms with Crippen LogP contribution in [0, 0.1) is 0 Å². The molecule has 10 heteroatoms. The lowest BCUT2D eigenvalue weighted by Gasteiger charge is -2.17. The summed E-state index contributed by atoms with van der Waals surface area (Å²) in [5.41, 5.74) is 4.09. The van der Waals surface area contributed by atoms with Gasteiger partial charge in [0.15, 0.2) is 5.82 Å². The SMILES string of the molecule is C[Si](C)(C)CCOCn1cnnc1-c1cncc(-c2cc(NC(=O)OC3CCCCCC3)ccc2OCc2ccccc2)c1. The zero-order valence-electron chi connectivity index (χ0n) is 26.0. The van der Waals surface area contributed by atoms with Crippen LogP contribution in [-0.2, 0) is 22.8 Å². The van der Waals surface area contributed by atoms with Crippen molar-refractivity contribution in [2.75, 3.05) is 11.9 Å². The van der Waals surface area contributed by atoms with Crippen LogP contribution in [0.5, 0.6) is 5.75 Å². The number of anilines is 1. The van der Waals surface area contributed by atoms with E-state index in [2.05, 4.69) is 40.1 Å². The van der Waals surface area contributed by atoms with Gasteiger partial charge in [0.25, 0.3) is 0 Å². The highest BCUT2D eigenvalue weighted by molar-refractivity contribution is 6.76. The van der Waals surface area contributed by atoms with Crippen LogP contribution in [0.3, 0.4) is 0 Å². The lowest BCUT2D eigenvalue weighted by molar-refractivity contribution is 0.0880. The summed E-state index contributed by atoms with van der Waals surface area (Å²) in [6, 6.07) is 18.7. The number of aromatic nitrogens is 4. The molecule has 2 aromatic carbocycles. The number of pyridine rings is 1. The van der Waals surface area contributed by atoms with E-state index in [1.165, 1.54) is 12.8 Å². The second kappa shape index (κ2) is 15.1. The first-order valence-corrected chi connectivity index (χ1v) is 19.2. The molecule has 0 saturated heterocycles. The Kier molecular flexibility index (Phi) is 10.8. The fourth-order valence-corrected chi connectivity index (χ4v) is 5.93. The zero-order chi connectivity index (χ0) is 30.8. The van der Waals surface area contributed by atoms with Gasteiger partial charge in [-0.2, -0.15) is 0 Å². The third kappa shape index (κ3) is 9.24. The number of ether oxygens (including phenoxy) is 3. The summed E-state index contributed by atoms with van der Waals surface area (Å²) in [7, 11) is -1.19. The molecule has 2 heterocycles. The molecule has 0 spiro atoms. The van der Waals surface area contributed by atoms with Crippen LogP contribution >= 0.6 is 0 Å². The van der Waals surface area contributed by atoms with Crippen LogP contribution in [0.1, 0.15) is 44.1 Å². The van der Waals surface area contributed by atoms with Crippen LogP contribution in [0.15, 0.2) is 73.3 Å². The highest BCUT2D eigenvalue weighted by Gasteiger charge is 2.19. The van der Waals surface area contributed by atoms with Gasteiger partial charge in [-0.05, 0) is 61.6 Å². The number of carbonyl (C=O) groups excluding carboxylic acids is 1. The molecule has 1 aliphatic carbocycles. The topological polar surface area (TPSA) is 100 Å². The summed E-state index contributed by atoms with van der Waals surface area (Å²) in [6.07, 6.45) is 11.2. The predicted octanol–water partition coefficient (Wildman–Crippen LogP) is 8.17. The number of rotatable bonds is 12. The van der Waals surface area contributed by atoms with E-state index < -0.39 is 14.2 Å². The average Bonchev–Trinajstić information content (AvgIpc) is 3.34.